The van der Waals surface area contributed by atoms with E-state index in [0.29, 0.717) is 11.8 Å². The molecule has 4 heteroatoms. The van der Waals surface area contributed by atoms with Crippen molar-refractivity contribution in [3.63, 3.8) is 0 Å². The van der Waals surface area contributed by atoms with E-state index in [-0.39, 0.29) is 51.0 Å². The molecule has 0 aromatic heterocycles. The Morgan fingerprint density at radius 2 is 1.00 bits per heavy atom. The fourth-order valence-electron chi connectivity index (χ4n) is 4.23. The minimum absolute atomic E-state index is 0. The van der Waals surface area contributed by atoms with Gasteiger partial charge in [-0.05, 0) is 0 Å². The first-order chi connectivity index (χ1) is 8.67. The van der Waals surface area contributed by atoms with E-state index in [9.17, 15) is 0 Å². The van der Waals surface area contributed by atoms with Crippen LogP contribution in [0.3, 0.4) is 0 Å². The predicted molar refractivity (Wildman–Crippen MR) is 86.1 cm³/mol. The average molecular weight is 433 g/mol. The number of hydrogen-bond acceptors (Lipinski definition) is 0. The summed E-state index contributed by atoms with van der Waals surface area (Å²) >= 11 is 0. The summed E-state index contributed by atoms with van der Waals surface area (Å²) < 4.78 is 0. The molecule has 0 radical (unpaired) electrons. The zero-order valence-electron chi connectivity index (χ0n) is 14.9. The maximum absolute atomic E-state index is 3.61. The quantitative estimate of drug-likeness (QED) is 0.396. The average Bonchev–Trinajstić information content (AvgIpc) is 2.66. The van der Waals surface area contributed by atoms with Crippen molar-refractivity contribution < 1.29 is 51.0 Å². The van der Waals surface area contributed by atoms with E-state index in [1.807, 2.05) is 0 Å². The number of allylic oxidation sites excluding steroid dienone is 8. The number of rotatable bonds is 2. The van der Waals surface area contributed by atoms with Gasteiger partial charge >= 0.3 is 26.2 Å². The van der Waals surface area contributed by atoms with Crippen molar-refractivity contribution in [2.75, 3.05) is 0 Å². The van der Waals surface area contributed by atoms with Crippen molar-refractivity contribution in [2.24, 2.45) is 11.8 Å². The standard InChI is InChI=1S/C18H26Si.2ClH.Zr/c1-11-9-13(3)17(15(11)5)19(7,8)18-14(4)10-12(2)16(18)6;;;/h13-14H,1-8H3;2*1H;/q-2;;;+4/p-2. The Kier molecular flexibility index (Phi) is 9.79. The van der Waals surface area contributed by atoms with E-state index in [4.69, 9.17) is 0 Å². The largest absolute Gasteiger partial charge is 4.00 e. The van der Waals surface area contributed by atoms with Crippen molar-refractivity contribution in [1.29, 1.82) is 0 Å². The number of halogens is 2. The second-order valence-electron chi connectivity index (χ2n) is 6.68. The van der Waals surface area contributed by atoms with Crippen molar-refractivity contribution in [1.82, 2.24) is 0 Å². The van der Waals surface area contributed by atoms with Crippen LogP contribution >= 0.6 is 0 Å². The van der Waals surface area contributed by atoms with Crippen molar-refractivity contribution in [3.8, 4) is 0 Å². The van der Waals surface area contributed by atoms with Gasteiger partial charge in [-0.25, -0.2) is 22.3 Å². The summed E-state index contributed by atoms with van der Waals surface area (Å²) in [4.78, 5) is 0. The predicted octanol–water partition coefficient (Wildman–Crippen LogP) is -0.790. The van der Waals surface area contributed by atoms with E-state index < -0.39 is 8.07 Å². The van der Waals surface area contributed by atoms with Gasteiger partial charge in [0.15, 0.2) is 0 Å². The summed E-state index contributed by atoms with van der Waals surface area (Å²) in [5, 5.41) is 3.37. The molecule has 0 saturated carbocycles. The molecule has 22 heavy (non-hydrogen) atoms. The molecule has 2 aliphatic carbocycles. The monoisotopic (exact) mass is 430 g/mol. The normalized spacial score (nSPS) is 24.4. The van der Waals surface area contributed by atoms with Gasteiger partial charge < -0.3 is 24.8 Å². The molecule has 0 bridgehead atoms. The van der Waals surface area contributed by atoms with Gasteiger partial charge in [-0.3, -0.25) is 12.2 Å². The van der Waals surface area contributed by atoms with Crippen LogP contribution in [0.5, 0.6) is 0 Å². The van der Waals surface area contributed by atoms with Crippen molar-refractivity contribution >= 4 is 8.07 Å². The Balaban J connectivity index is 0. The molecule has 2 aliphatic rings. The molecule has 120 valence electrons. The summed E-state index contributed by atoms with van der Waals surface area (Å²) in [5.74, 6) is 0.991. The summed E-state index contributed by atoms with van der Waals surface area (Å²) in [5.41, 5.74) is 5.73. The summed E-state index contributed by atoms with van der Waals surface area (Å²) in [6, 6.07) is 0. The Morgan fingerprint density at radius 3 is 1.18 bits per heavy atom. The Labute approximate surface area is 169 Å². The second-order valence-corrected chi connectivity index (χ2v) is 11.0. The van der Waals surface area contributed by atoms with E-state index in [0.717, 1.165) is 0 Å². The van der Waals surface area contributed by atoms with Crippen molar-refractivity contribution in [2.45, 2.75) is 54.6 Å². The zero-order chi connectivity index (χ0) is 14.5. The van der Waals surface area contributed by atoms with Crippen LogP contribution in [0.1, 0.15) is 41.5 Å². The Morgan fingerprint density at radius 1 is 0.727 bits per heavy atom. The molecule has 0 N–H and O–H groups in total. The fourth-order valence-corrected chi connectivity index (χ4v) is 9.08. The van der Waals surface area contributed by atoms with E-state index in [2.05, 4.69) is 66.8 Å². The maximum atomic E-state index is 3.61. The third-order valence-corrected chi connectivity index (χ3v) is 9.32. The van der Waals surface area contributed by atoms with Gasteiger partial charge in [-0.2, -0.15) is 10.4 Å². The molecule has 2 atom stereocenters. The molecule has 0 nitrogen and oxygen atoms in total. The van der Waals surface area contributed by atoms with Gasteiger partial charge in [-0.1, -0.05) is 52.6 Å². The molecule has 0 saturated heterocycles. The van der Waals surface area contributed by atoms with Gasteiger partial charge in [0.2, 0.25) is 0 Å². The molecule has 0 spiro atoms. The van der Waals surface area contributed by atoms with Crippen LogP contribution in [-0.4, -0.2) is 8.07 Å². The summed E-state index contributed by atoms with van der Waals surface area (Å²) in [6.07, 6.45) is 7.23. The van der Waals surface area contributed by atoms with Crippen LogP contribution in [0, 0.1) is 24.0 Å². The molecular formula is C18H26Cl2SiZr. The molecule has 2 unspecified atom stereocenters. The van der Waals surface area contributed by atoms with Crippen LogP contribution in [0.25, 0.3) is 0 Å². The molecule has 0 fully saturated rings. The van der Waals surface area contributed by atoms with Gasteiger partial charge in [0.1, 0.15) is 0 Å². The SMILES string of the molecule is CC1=[C-]C(C)C([Si](C)(C)C2=C(C)C(C)=[C-]C2C)=C1C.[Cl-].[Cl-].[Zr+4]. The minimum Gasteiger partial charge on any atom is -1.00 e. The van der Waals surface area contributed by atoms with Gasteiger partial charge in [0.25, 0.3) is 0 Å². The van der Waals surface area contributed by atoms with Crippen LogP contribution < -0.4 is 24.8 Å². The molecule has 0 amide bonds. The van der Waals surface area contributed by atoms with Gasteiger partial charge in [0, 0.05) is 0 Å². The van der Waals surface area contributed by atoms with Crippen LogP contribution in [0.2, 0.25) is 13.1 Å². The van der Waals surface area contributed by atoms with Crippen LogP contribution in [0.15, 0.2) is 32.7 Å². The Bertz CT molecular complexity index is 505. The maximum Gasteiger partial charge on any atom is 4.00 e. The molecule has 0 aromatic carbocycles. The second kappa shape index (κ2) is 8.65. The molecular weight excluding hydrogens is 406 g/mol. The van der Waals surface area contributed by atoms with Gasteiger partial charge in [0.05, 0.1) is 8.07 Å². The molecule has 2 rings (SSSR count). The topological polar surface area (TPSA) is 0 Å². The third-order valence-electron chi connectivity index (χ3n) is 5.01. The van der Waals surface area contributed by atoms with Crippen molar-refractivity contribution in [3.05, 3.63) is 44.8 Å². The van der Waals surface area contributed by atoms with Gasteiger partial charge in [-0.15, -0.1) is 13.8 Å². The van der Waals surface area contributed by atoms with E-state index in [1.165, 1.54) is 22.3 Å². The van der Waals surface area contributed by atoms with E-state index >= 15 is 0 Å². The van der Waals surface area contributed by atoms with Crippen LogP contribution in [-0.2, 0) is 26.2 Å². The fraction of sp³-hybridized carbons (Fsp3) is 0.556. The third kappa shape index (κ3) is 4.00. The Hall–Kier alpha value is 0.640. The molecule has 0 heterocycles. The summed E-state index contributed by atoms with van der Waals surface area (Å²) in [7, 11) is -1.58. The first-order valence-electron chi connectivity index (χ1n) is 7.31. The smallest absolute Gasteiger partial charge is 1.00 e. The van der Waals surface area contributed by atoms with Crippen LogP contribution in [0.4, 0.5) is 0 Å². The summed E-state index contributed by atoms with van der Waals surface area (Å²) in [6.45, 7) is 18.6. The van der Waals surface area contributed by atoms with E-state index in [1.54, 1.807) is 10.4 Å². The molecule has 0 aromatic rings. The first-order valence-corrected chi connectivity index (χ1v) is 10.3. The first kappa shape index (κ1) is 24.9. The minimum atomic E-state index is -1.58. The number of hydrogen-bond donors (Lipinski definition) is 0. The zero-order valence-corrected chi connectivity index (χ0v) is 19.9. The molecule has 0 aliphatic heterocycles.